The van der Waals surface area contributed by atoms with Gasteiger partial charge in [-0.3, -0.25) is 9.67 Å². The van der Waals surface area contributed by atoms with Crippen LogP contribution < -0.4 is 5.32 Å². The molecule has 4 heteroatoms. The lowest BCUT2D eigenvalue weighted by Crippen LogP contribution is -2.25. The summed E-state index contributed by atoms with van der Waals surface area (Å²) < 4.78 is 1.97. The number of rotatable bonds is 6. The molecule has 1 unspecified atom stereocenters. The second kappa shape index (κ2) is 6.66. The fourth-order valence-electron chi connectivity index (χ4n) is 2.52. The van der Waals surface area contributed by atoms with Crippen LogP contribution in [0.1, 0.15) is 41.9 Å². The summed E-state index contributed by atoms with van der Waals surface area (Å²) in [7, 11) is 2.01. The van der Waals surface area contributed by atoms with Crippen LogP contribution in [0.3, 0.4) is 0 Å². The highest BCUT2D eigenvalue weighted by Crippen LogP contribution is 2.21. The molecule has 0 aliphatic rings. The average molecular weight is 272 g/mol. The highest BCUT2D eigenvalue weighted by Gasteiger charge is 2.16. The van der Waals surface area contributed by atoms with Gasteiger partial charge in [-0.25, -0.2) is 0 Å². The van der Waals surface area contributed by atoms with Crippen LogP contribution in [0.4, 0.5) is 0 Å². The first-order valence-electron chi connectivity index (χ1n) is 7.25. The Morgan fingerprint density at radius 2 is 2.15 bits per heavy atom. The summed E-state index contributed by atoms with van der Waals surface area (Å²) in [5.41, 5.74) is 4.88. The third-order valence-corrected chi connectivity index (χ3v) is 3.61. The maximum Gasteiger partial charge on any atom is 0.0596 e. The molecule has 0 aliphatic heterocycles. The minimum absolute atomic E-state index is 0.290. The van der Waals surface area contributed by atoms with Crippen LogP contribution in [0.15, 0.2) is 24.5 Å². The van der Waals surface area contributed by atoms with E-state index < -0.39 is 0 Å². The highest BCUT2D eigenvalue weighted by atomic mass is 15.3. The smallest absolute Gasteiger partial charge is 0.0596 e. The molecule has 1 atom stereocenters. The first-order chi connectivity index (χ1) is 9.61. The summed E-state index contributed by atoms with van der Waals surface area (Å²) in [5, 5.41) is 8.06. The van der Waals surface area contributed by atoms with Crippen molar-refractivity contribution in [1.82, 2.24) is 20.1 Å². The molecule has 2 heterocycles. The molecule has 0 saturated carbocycles. The maximum absolute atomic E-state index is 4.43. The standard InChI is InChI=1S/C16H24N4/c1-5-7-18-16(15-11-17-8-6-12(15)2)10-14-9-13(3)19-20(14)4/h6,8-9,11,16,18H,5,7,10H2,1-4H3. The lowest BCUT2D eigenvalue weighted by Gasteiger charge is -2.20. The van der Waals surface area contributed by atoms with Gasteiger partial charge in [0.15, 0.2) is 0 Å². The maximum atomic E-state index is 4.43. The molecular weight excluding hydrogens is 248 g/mol. The van der Waals surface area contributed by atoms with E-state index in [0.29, 0.717) is 6.04 Å². The van der Waals surface area contributed by atoms with Gasteiger partial charge in [-0.15, -0.1) is 0 Å². The summed E-state index contributed by atoms with van der Waals surface area (Å²) in [6, 6.07) is 4.52. The largest absolute Gasteiger partial charge is 0.310 e. The molecule has 0 aromatic carbocycles. The molecule has 0 saturated heterocycles. The Morgan fingerprint density at radius 3 is 2.75 bits per heavy atom. The van der Waals surface area contributed by atoms with Crippen LogP contribution in [0.2, 0.25) is 0 Å². The van der Waals surface area contributed by atoms with E-state index in [9.17, 15) is 0 Å². The number of nitrogens with zero attached hydrogens (tertiary/aromatic N) is 3. The van der Waals surface area contributed by atoms with E-state index in [0.717, 1.165) is 25.1 Å². The quantitative estimate of drug-likeness (QED) is 0.879. The van der Waals surface area contributed by atoms with Crippen LogP contribution in [0.25, 0.3) is 0 Å². The predicted octanol–water partition coefficient (Wildman–Crippen LogP) is 2.72. The molecule has 0 radical (unpaired) electrons. The van der Waals surface area contributed by atoms with Crippen LogP contribution in [0, 0.1) is 13.8 Å². The Hall–Kier alpha value is -1.68. The summed E-state index contributed by atoms with van der Waals surface area (Å²) in [6.45, 7) is 7.38. The number of pyridine rings is 1. The van der Waals surface area contributed by atoms with Gasteiger partial charge >= 0.3 is 0 Å². The fourth-order valence-corrected chi connectivity index (χ4v) is 2.52. The monoisotopic (exact) mass is 272 g/mol. The van der Waals surface area contributed by atoms with Crippen LogP contribution >= 0.6 is 0 Å². The minimum atomic E-state index is 0.290. The number of nitrogens with one attached hydrogen (secondary N) is 1. The van der Waals surface area contributed by atoms with Crippen molar-refractivity contribution in [3.8, 4) is 0 Å². The van der Waals surface area contributed by atoms with E-state index >= 15 is 0 Å². The van der Waals surface area contributed by atoms with Gasteiger partial charge in [0.1, 0.15) is 0 Å². The normalized spacial score (nSPS) is 12.6. The Bertz CT molecular complexity index is 559. The third-order valence-electron chi connectivity index (χ3n) is 3.61. The molecule has 20 heavy (non-hydrogen) atoms. The Balaban J connectivity index is 2.24. The van der Waals surface area contributed by atoms with Gasteiger partial charge in [-0.1, -0.05) is 6.92 Å². The molecule has 0 amide bonds. The fraction of sp³-hybridized carbons (Fsp3) is 0.500. The lowest BCUT2D eigenvalue weighted by atomic mass is 9.99. The number of aromatic nitrogens is 3. The molecule has 2 rings (SSSR count). The zero-order chi connectivity index (χ0) is 14.5. The summed E-state index contributed by atoms with van der Waals surface area (Å²) in [6.07, 6.45) is 5.89. The second-order valence-corrected chi connectivity index (χ2v) is 5.34. The topological polar surface area (TPSA) is 42.7 Å². The second-order valence-electron chi connectivity index (χ2n) is 5.34. The number of hydrogen-bond donors (Lipinski definition) is 1. The van der Waals surface area contributed by atoms with E-state index in [1.807, 2.05) is 31.0 Å². The molecule has 4 nitrogen and oxygen atoms in total. The first-order valence-corrected chi connectivity index (χ1v) is 7.25. The van der Waals surface area contributed by atoms with Crippen LogP contribution in [0.5, 0.6) is 0 Å². The highest BCUT2D eigenvalue weighted by molar-refractivity contribution is 5.27. The van der Waals surface area contributed by atoms with E-state index in [2.05, 4.69) is 41.4 Å². The summed E-state index contributed by atoms with van der Waals surface area (Å²) in [4.78, 5) is 4.28. The van der Waals surface area contributed by atoms with E-state index in [-0.39, 0.29) is 0 Å². The minimum Gasteiger partial charge on any atom is -0.310 e. The first kappa shape index (κ1) is 14.7. The average Bonchev–Trinajstić information content (AvgIpc) is 2.73. The van der Waals surface area contributed by atoms with E-state index in [4.69, 9.17) is 0 Å². The predicted molar refractivity (Wildman–Crippen MR) is 81.7 cm³/mol. The molecule has 0 bridgehead atoms. The van der Waals surface area contributed by atoms with Crippen molar-refractivity contribution >= 4 is 0 Å². The Labute approximate surface area is 121 Å². The van der Waals surface area contributed by atoms with E-state index in [1.54, 1.807) is 0 Å². The lowest BCUT2D eigenvalue weighted by molar-refractivity contribution is 0.509. The molecule has 2 aromatic heterocycles. The molecule has 0 aliphatic carbocycles. The van der Waals surface area contributed by atoms with Gasteiger partial charge in [0, 0.05) is 37.6 Å². The van der Waals surface area contributed by atoms with Gasteiger partial charge in [-0.2, -0.15) is 5.10 Å². The van der Waals surface area contributed by atoms with Crippen molar-refractivity contribution in [3.05, 3.63) is 47.0 Å². The zero-order valence-corrected chi connectivity index (χ0v) is 12.8. The molecule has 1 N–H and O–H groups in total. The SMILES string of the molecule is CCCNC(Cc1cc(C)nn1C)c1cnccc1C. The van der Waals surface area contributed by atoms with Crippen molar-refractivity contribution in [2.24, 2.45) is 7.05 Å². The van der Waals surface area contributed by atoms with Gasteiger partial charge in [-0.05, 0) is 50.1 Å². The van der Waals surface area contributed by atoms with E-state index in [1.165, 1.54) is 16.8 Å². The van der Waals surface area contributed by atoms with Crippen molar-refractivity contribution in [2.45, 2.75) is 39.7 Å². The van der Waals surface area contributed by atoms with Gasteiger partial charge in [0.2, 0.25) is 0 Å². The number of aryl methyl sites for hydroxylation is 3. The number of hydrogen-bond acceptors (Lipinski definition) is 3. The van der Waals surface area contributed by atoms with Crippen LogP contribution in [-0.4, -0.2) is 21.3 Å². The zero-order valence-electron chi connectivity index (χ0n) is 12.8. The van der Waals surface area contributed by atoms with Gasteiger partial charge < -0.3 is 5.32 Å². The summed E-state index contributed by atoms with van der Waals surface area (Å²) in [5.74, 6) is 0. The van der Waals surface area contributed by atoms with Gasteiger partial charge in [0.25, 0.3) is 0 Å². The van der Waals surface area contributed by atoms with Crippen molar-refractivity contribution in [3.63, 3.8) is 0 Å². The molecular formula is C16H24N4. The van der Waals surface area contributed by atoms with Crippen molar-refractivity contribution < 1.29 is 0 Å². The Kier molecular flexibility index (Phi) is 4.90. The third kappa shape index (κ3) is 3.45. The molecule has 108 valence electrons. The van der Waals surface area contributed by atoms with Crippen molar-refractivity contribution in [1.29, 1.82) is 0 Å². The van der Waals surface area contributed by atoms with Gasteiger partial charge in [0.05, 0.1) is 5.69 Å². The molecule has 0 spiro atoms. The van der Waals surface area contributed by atoms with Crippen molar-refractivity contribution in [2.75, 3.05) is 6.54 Å². The summed E-state index contributed by atoms with van der Waals surface area (Å²) >= 11 is 0. The molecule has 0 fully saturated rings. The Morgan fingerprint density at radius 1 is 1.35 bits per heavy atom. The van der Waals surface area contributed by atoms with Crippen LogP contribution in [-0.2, 0) is 13.5 Å². The molecule has 2 aromatic rings.